The van der Waals surface area contributed by atoms with E-state index in [0.29, 0.717) is 5.75 Å². The van der Waals surface area contributed by atoms with Crippen LogP contribution in [-0.2, 0) is 16.4 Å². The van der Waals surface area contributed by atoms with Crippen LogP contribution in [0.1, 0.15) is 30.6 Å². The van der Waals surface area contributed by atoms with Crippen LogP contribution in [0.2, 0.25) is 0 Å². The minimum absolute atomic E-state index is 0.117. The van der Waals surface area contributed by atoms with Crippen molar-refractivity contribution < 1.29 is 18.3 Å². The van der Waals surface area contributed by atoms with E-state index < -0.39 is 16.1 Å². The zero-order valence-electron chi connectivity index (χ0n) is 16.1. The lowest BCUT2D eigenvalue weighted by Crippen LogP contribution is -2.26. The Hall–Kier alpha value is -2.41. The topological polar surface area (TPSA) is 75.6 Å². The number of fused-ring (bicyclic) bond motifs is 1. The highest BCUT2D eigenvalue weighted by molar-refractivity contribution is 7.89. The van der Waals surface area contributed by atoms with Crippen molar-refractivity contribution in [3.8, 4) is 5.75 Å². The predicted octanol–water partition coefficient (Wildman–Crippen LogP) is 3.81. The molecule has 0 bridgehead atoms. The second-order valence-corrected chi connectivity index (χ2v) is 8.34. The summed E-state index contributed by atoms with van der Waals surface area (Å²) in [5.41, 5.74) is 1.71. The van der Waals surface area contributed by atoms with Gasteiger partial charge in [-0.3, -0.25) is 0 Å². The molecule has 0 aliphatic heterocycles. The monoisotopic (exact) mass is 399 g/mol. The van der Waals surface area contributed by atoms with Crippen molar-refractivity contribution in [2.75, 3.05) is 13.7 Å². The zero-order chi connectivity index (χ0) is 20.1. The lowest BCUT2D eigenvalue weighted by molar-refractivity contribution is 0.170. The van der Waals surface area contributed by atoms with Gasteiger partial charge in [0.2, 0.25) is 10.0 Å². The number of hydrogen-bond acceptors (Lipinski definition) is 4. The highest BCUT2D eigenvalue weighted by Gasteiger charge is 2.20. The molecule has 0 amide bonds. The maximum atomic E-state index is 12.7. The van der Waals surface area contributed by atoms with Crippen molar-refractivity contribution in [3.63, 3.8) is 0 Å². The maximum Gasteiger partial charge on any atom is 0.244 e. The van der Waals surface area contributed by atoms with Gasteiger partial charge in [0.15, 0.2) is 0 Å². The van der Waals surface area contributed by atoms with Gasteiger partial charge < -0.3 is 9.84 Å². The Morgan fingerprint density at radius 1 is 1.07 bits per heavy atom. The maximum absolute atomic E-state index is 12.7. The number of aryl methyl sites for hydroxylation is 1. The van der Waals surface area contributed by atoms with E-state index >= 15 is 0 Å². The molecule has 2 N–H and O–H groups in total. The van der Waals surface area contributed by atoms with Crippen molar-refractivity contribution in [1.29, 1.82) is 0 Å². The summed E-state index contributed by atoms with van der Waals surface area (Å²) in [6.07, 6.45) is 0.229. The Morgan fingerprint density at radius 2 is 1.82 bits per heavy atom. The normalized spacial score (nSPS) is 12.8. The smallest absolute Gasteiger partial charge is 0.244 e. The lowest BCUT2D eigenvalue weighted by atomic mass is 9.99. The molecule has 0 aliphatic rings. The number of ether oxygens (including phenoxy) is 1. The summed E-state index contributed by atoms with van der Waals surface area (Å²) in [6.45, 7) is 2.08. The third kappa shape index (κ3) is 4.35. The molecule has 0 aromatic heterocycles. The second-order valence-electron chi connectivity index (χ2n) is 6.61. The number of aliphatic hydroxyl groups is 1. The van der Waals surface area contributed by atoms with E-state index in [1.165, 1.54) is 7.11 Å². The van der Waals surface area contributed by atoms with Crippen LogP contribution in [0.5, 0.6) is 5.75 Å². The van der Waals surface area contributed by atoms with Gasteiger partial charge in [0.05, 0.1) is 13.2 Å². The first-order valence-electron chi connectivity index (χ1n) is 9.28. The summed E-state index contributed by atoms with van der Waals surface area (Å²) >= 11 is 0. The highest BCUT2D eigenvalue weighted by atomic mass is 32.2. The summed E-state index contributed by atoms with van der Waals surface area (Å²) in [7, 11) is -2.29. The van der Waals surface area contributed by atoms with Crippen LogP contribution in [0.4, 0.5) is 0 Å². The minimum Gasteiger partial charge on any atom is -0.495 e. The molecule has 6 heteroatoms. The van der Waals surface area contributed by atoms with Crippen molar-refractivity contribution >= 4 is 20.8 Å². The van der Waals surface area contributed by atoms with Crippen LogP contribution in [0, 0.1) is 0 Å². The molecule has 1 atom stereocenters. The van der Waals surface area contributed by atoms with Crippen molar-refractivity contribution in [2.45, 2.75) is 30.8 Å². The van der Waals surface area contributed by atoms with E-state index in [4.69, 9.17) is 4.74 Å². The molecule has 3 aromatic rings. The van der Waals surface area contributed by atoms with Gasteiger partial charge in [-0.1, -0.05) is 55.5 Å². The molecule has 3 aromatic carbocycles. The Balaban J connectivity index is 1.73. The number of sulfonamides is 1. The van der Waals surface area contributed by atoms with Crippen LogP contribution >= 0.6 is 0 Å². The fourth-order valence-electron chi connectivity index (χ4n) is 3.26. The molecule has 1 unspecified atom stereocenters. The first kappa shape index (κ1) is 20.3. The molecule has 5 nitrogen and oxygen atoms in total. The predicted molar refractivity (Wildman–Crippen MR) is 111 cm³/mol. The van der Waals surface area contributed by atoms with Gasteiger partial charge in [-0.25, -0.2) is 13.1 Å². The molecule has 0 fully saturated rings. The summed E-state index contributed by atoms with van der Waals surface area (Å²) in [6, 6.07) is 18.7. The molecular formula is C22H25NO4S. The fourth-order valence-corrected chi connectivity index (χ4v) is 4.52. The van der Waals surface area contributed by atoms with Gasteiger partial charge in [-0.2, -0.15) is 0 Å². The average molecular weight is 400 g/mol. The first-order chi connectivity index (χ1) is 13.5. The van der Waals surface area contributed by atoms with Gasteiger partial charge in [0.25, 0.3) is 0 Å². The standard InChI is InChI=1S/C22H25NO4S/c1-3-16-11-12-21(27-2)22(15-16)28(25,26)23-14-13-20(24)19-10-6-8-17-7-4-5-9-18(17)19/h4-12,15,20,23-24H,3,13-14H2,1-2H3. The number of nitrogens with one attached hydrogen (secondary N) is 1. The van der Waals surface area contributed by atoms with Gasteiger partial charge in [0.1, 0.15) is 10.6 Å². The molecule has 0 spiro atoms. The number of benzene rings is 3. The van der Waals surface area contributed by atoms with E-state index in [-0.39, 0.29) is 17.9 Å². The molecule has 148 valence electrons. The van der Waals surface area contributed by atoms with Crippen LogP contribution in [0.15, 0.2) is 65.6 Å². The van der Waals surface area contributed by atoms with Gasteiger partial charge in [0, 0.05) is 6.54 Å². The van der Waals surface area contributed by atoms with Crippen molar-refractivity contribution in [2.24, 2.45) is 0 Å². The van der Waals surface area contributed by atoms with Gasteiger partial charge in [-0.05, 0) is 46.9 Å². The largest absolute Gasteiger partial charge is 0.495 e. The van der Waals surface area contributed by atoms with Gasteiger partial charge >= 0.3 is 0 Å². The van der Waals surface area contributed by atoms with Gasteiger partial charge in [-0.15, -0.1) is 0 Å². The molecule has 0 saturated heterocycles. The molecule has 0 saturated carbocycles. The minimum atomic E-state index is -3.74. The van der Waals surface area contributed by atoms with Crippen LogP contribution in [-0.4, -0.2) is 27.2 Å². The lowest BCUT2D eigenvalue weighted by Gasteiger charge is -2.15. The second kappa shape index (κ2) is 8.73. The molecule has 3 rings (SSSR count). The molecule has 0 radical (unpaired) electrons. The summed E-state index contributed by atoms with van der Waals surface area (Å²) < 4.78 is 33.3. The van der Waals surface area contributed by atoms with E-state index in [1.54, 1.807) is 12.1 Å². The third-order valence-electron chi connectivity index (χ3n) is 4.82. The zero-order valence-corrected chi connectivity index (χ0v) is 16.9. The summed E-state index contributed by atoms with van der Waals surface area (Å²) in [5, 5.41) is 12.6. The number of hydrogen-bond donors (Lipinski definition) is 2. The molecule has 0 heterocycles. The average Bonchev–Trinajstić information content (AvgIpc) is 2.72. The van der Waals surface area contributed by atoms with E-state index in [9.17, 15) is 13.5 Å². The Kier molecular flexibility index (Phi) is 6.34. The molecule has 28 heavy (non-hydrogen) atoms. The number of methoxy groups -OCH3 is 1. The van der Waals surface area contributed by atoms with E-state index in [2.05, 4.69) is 4.72 Å². The van der Waals surface area contributed by atoms with E-state index in [0.717, 1.165) is 28.3 Å². The SMILES string of the molecule is CCc1ccc(OC)c(S(=O)(=O)NCCC(O)c2cccc3ccccc23)c1. The fraction of sp³-hybridized carbons (Fsp3) is 0.273. The van der Waals surface area contributed by atoms with Crippen molar-refractivity contribution in [3.05, 3.63) is 71.8 Å². The van der Waals surface area contributed by atoms with Crippen LogP contribution < -0.4 is 9.46 Å². The highest BCUT2D eigenvalue weighted by Crippen LogP contribution is 2.27. The number of aliphatic hydroxyl groups excluding tert-OH is 1. The molecule has 0 aliphatic carbocycles. The first-order valence-corrected chi connectivity index (χ1v) is 10.8. The Bertz CT molecular complexity index is 1060. The quantitative estimate of drug-likeness (QED) is 0.604. The Labute approximate surface area is 166 Å². The number of rotatable bonds is 8. The van der Waals surface area contributed by atoms with E-state index in [1.807, 2.05) is 55.5 Å². The van der Waals surface area contributed by atoms with Crippen molar-refractivity contribution in [1.82, 2.24) is 4.72 Å². The van der Waals surface area contributed by atoms with Crippen LogP contribution in [0.25, 0.3) is 10.8 Å². The summed E-state index contributed by atoms with van der Waals surface area (Å²) in [5.74, 6) is 0.305. The molecular weight excluding hydrogens is 374 g/mol. The third-order valence-corrected chi connectivity index (χ3v) is 6.30. The summed E-state index contributed by atoms with van der Waals surface area (Å²) in [4.78, 5) is 0.119. The Morgan fingerprint density at radius 3 is 2.57 bits per heavy atom. The van der Waals surface area contributed by atoms with Crippen LogP contribution in [0.3, 0.4) is 0 Å².